The van der Waals surface area contributed by atoms with Crippen molar-refractivity contribution in [2.75, 3.05) is 13.1 Å². The van der Waals surface area contributed by atoms with E-state index in [1.54, 1.807) is 4.88 Å². The summed E-state index contributed by atoms with van der Waals surface area (Å²) in [7, 11) is 0. The van der Waals surface area contributed by atoms with Gasteiger partial charge in [-0.05, 0) is 42.7 Å². The van der Waals surface area contributed by atoms with Crippen LogP contribution in [0.15, 0.2) is 17.5 Å². The zero-order chi connectivity index (χ0) is 9.15. The van der Waals surface area contributed by atoms with Crippen LogP contribution in [0.2, 0.25) is 0 Å². The molecule has 0 unspecified atom stereocenters. The van der Waals surface area contributed by atoms with E-state index in [9.17, 15) is 0 Å². The maximum Gasteiger partial charge on any atom is 0.00512 e. The molecule has 2 rings (SSSR count). The lowest BCUT2D eigenvalue weighted by Crippen LogP contribution is -2.24. The number of rotatable bonds is 5. The molecule has 0 atom stereocenters. The molecule has 0 aliphatic heterocycles. The Bertz CT molecular complexity index is 249. The van der Waals surface area contributed by atoms with E-state index in [0.717, 1.165) is 6.54 Å². The molecule has 1 nitrogen and oxygen atoms in total. The van der Waals surface area contributed by atoms with Crippen LogP contribution in [0.1, 0.15) is 24.6 Å². The Morgan fingerprint density at radius 1 is 1.54 bits per heavy atom. The van der Waals surface area contributed by atoms with E-state index in [1.165, 1.54) is 25.8 Å². The maximum absolute atomic E-state index is 3.47. The van der Waals surface area contributed by atoms with E-state index >= 15 is 0 Å². The summed E-state index contributed by atoms with van der Waals surface area (Å²) in [4.78, 5) is 1.55. The molecule has 0 spiro atoms. The van der Waals surface area contributed by atoms with E-state index < -0.39 is 0 Å². The highest BCUT2D eigenvalue weighted by Crippen LogP contribution is 2.48. The fourth-order valence-corrected chi connectivity index (χ4v) is 2.64. The number of hydrogen-bond donors (Lipinski definition) is 1. The molecule has 0 bridgehead atoms. The van der Waals surface area contributed by atoms with Gasteiger partial charge in [0.2, 0.25) is 0 Å². The van der Waals surface area contributed by atoms with Crippen LogP contribution in [-0.2, 0) is 6.42 Å². The average Bonchev–Trinajstić information content (AvgIpc) is 2.69. The van der Waals surface area contributed by atoms with E-state index in [1.807, 2.05) is 11.3 Å². The van der Waals surface area contributed by atoms with Crippen LogP contribution in [0.5, 0.6) is 0 Å². The molecule has 2 heteroatoms. The Morgan fingerprint density at radius 2 is 2.38 bits per heavy atom. The molecule has 0 aromatic carbocycles. The lowest BCUT2D eigenvalue weighted by Gasteiger charge is -2.13. The van der Waals surface area contributed by atoms with Crippen molar-refractivity contribution in [3.8, 4) is 0 Å². The van der Waals surface area contributed by atoms with E-state index in [2.05, 4.69) is 29.8 Å². The zero-order valence-electron chi connectivity index (χ0n) is 8.18. The first-order valence-electron chi connectivity index (χ1n) is 5.08. The van der Waals surface area contributed by atoms with Gasteiger partial charge in [-0.1, -0.05) is 13.0 Å². The Balaban J connectivity index is 1.87. The molecular formula is C11H17NS. The Hall–Kier alpha value is -0.340. The molecule has 0 amide bonds. The predicted molar refractivity (Wildman–Crippen MR) is 58.2 cm³/mol. The lowest BCUT2D eigenvalue weighted by molar-refractivity contribution is 0.466. The monoisotopic (exact) mass is 195 g/mol. The SMILES string of the molecule is CCNCC1(Cc2cccs2)CC1. The second-order valence-electron chi connectivity index (χ2n) is 4.04. The molecule has 1 aromatic rings. The van der Waals surface area contributed by atoms with E-state index in [0.29, 0.717) is 5.41 Å². The van der Waals surface area contributed by atoms with Crippen molar-refractivity contribution < 1.29 is 0 Å². The topological polar surface area (TPSA) is 12.0 Å². The smallest absolute Gasteiger partial charge is 0.00512 e. The van der Waals surface area contributed by atoms with E-state index in [-0.39, 0.29) is 0 Å². The van der Waals surface area contributed by atoms with Gasteiger partial charge in [-0.2, -0.15) is 0 Å². The summed E-state index contributed by atoms with van der Waals surface area (Å²) < 4.78 is 0. The first-order chi connectivity index (χ1) is 6.35. The third kappa shape index (κ3) is 2.32. The van der Waals surface area contributed by atoms with Gasteiger partial charge in [0.25, 0.3) is 0 Å². The van der Waals surface area contributed by atoms with Gasteiger partial charge in [0.15, 0.2) is 0 Å². The van der Waals surface area contributed by atoms with Gasteiger partial charge in [0.1, 0.15) is 0 Å². The number of nitrogens with one attached hydrogen (secondary N) is 1. The third-order valence-electron chi connectivity index (χ3n) is 2.84. The normalized spacial score (nSPS) is 18.8. The van der Waals surface area contributed by atoms with Crippen LogP contribution in [0.4, 0.5) is 0 Å². The van der Waals surface area contributed by atoms with Crippen molar-refractivity contribution in [3.05, 3.63) is 22.4 Å². The molecule has 0 radical (unpaired) electrons. The maximum atomic E-state index is 3.47. The Labute approximate surface area is 84.2 Å². The minimum Gasteiger partial charge on any atom is -0.316 e. The first-order valence-corrected chi connectivity index (χ1v) is 5.96. The number of thiophene rings is 1. The largest absolute Gasteiger partial charge is 0.316 e. The molecule has 1 saturated carbocycles. The molecule has 1 aromatic heterocycles. The second-order valence-corrected chi connectivity index (χ2v) is 5.07. The van der Waals surface area contributed by atoms with Gasteiger partial charge in [-0.3, -0.25) is 0 Å². The molecule has 1 aliphatic carbocycles. The molecule has 1 fully saturated rings. The zero-order valence-corrected chi connectivity index (χ0v) is 8.99. The van der Waals surface area contributed by atoms with Gasteiger partial charge in [-0.25, -0.2) is 0 Å². The van der Waals surface area contributed by atoms with Crippen molar-refractivity contribution in [1.82, 2.24) is 5.32 Å². The highest BCUT2D eigenvalue weighted by Gasteiger charge is 2.41. The van der Waals surface area contributed by atoms with Crippen LogP contribution < -0.4 is 5.32 Å². The van der Waals surface area contributed by atoms with Crippen LogP contribution in [0.3, 0.4) is 0 Å². The minimum atomic E-state index is 0.626. The van der Waals surface area contributed by atoms with Gasteiger partial charge < -0.3 is 5.32 Å². The summed E-state index contributed by atoms with van der Waals surface area (Å²) in [5.74, 6) is 0. The molecule has 1 heterocycles. The molecular weight excluding hydrogens is 178 g/mol. The Morgan fingerprint density at radius 3 is 2.92 bits per heavy atom. The first kappa shape index (κ1) is 9.22. The third-order valence-corrected chi connectivity index (χ3v) is 3.71. The van der Waals surface area contributed by atoms with Crippen molar-refractivity contribution in [2.24, 2.45) is 5.41 Å². The van der Waals surface area contributed by atoms with Gasteiger partial charge in [0.05, 0.1) is 0 Å². The van der Waals surface area contributed by atoms with Crippen molar-refractivity contribution in [1.29, 1.82) is 0 Å². The summed E-state index contributed by atoms with van der Waals surface area (Å²) >= 11 is 1.90. The predicted octanol–water partition coefficient (Wildman–Crippen LogP) is 2.68. The minimum absolute atomic E-state index is 0.626. The van der Waals surface area contributed by atoms with Crippen molar-refractivity contribution in [2.45, 2.75) is 26.2 Å². The van der Waals surface area contributed by atoms with E-state index in [4.69, 9.17) is 0 Å². The fraction of sp³-hybridized carbons (Fsp3) is 0.636. The summed E-state index contributed by atoms with van der Waals surface area (Å²) in [6.07, 6.45) is 4.12. The van der Waals surface area contributed by atoms with Crippen LogP contribution >= 0.6 is 11.3 Å². The van der Waals surface area contributed by atoms with Crippen molar-refractivity contribution >= 4 is 11.3 Å². The highest BCUT2D eigenvalue weighted by atomic mass is 32.1. The van der Waals surface area contributed by atoms with Gasteiger partial charge in [0, 0.05) is 11.4 Å². The molecule has 0 saturated heterocycles. The molecule has 13 heavy (non-hydrogen) atoms. The standard InChI is InChI=1S/C11H17NS/c1-2-12-9-11(5-6-11)8-10-4-3-7-13-10/h3-4,7,12H,2,5-6,8-9H2,1H3. The van der Waals surface area contributed by atoms with Crippen LogP contribution in [0, 0.1) is 5.41 Å². The van der Waals surface area contributed by atoms with Crippen molar-refractivity contribution in [3.63, 3.8) is 0 Å². The quantitative estimate of drug-likeness (QED) is 0.761. The summed E-state index contributed by atoms with van der Waals surface area (Å²) in [5, 5.41) is 5.65. The molecule has 1 N–H and O–H groups in total. The molecule has 1 aliphatic rings. The lowest BCUT2D eigenvalue weighted by atomic mass is 10.0. The summed E-state index contributed by atoms with van der Waals surface area (Å²) in [5.41, 5.74) is 0.626. The van der Waals surface area contributed by atoms with Gasteiger partial charge >= 0.3 is 0 Å². The Kier molecular flexibility index (Phi) is 2.70. The highest BCUT2D eigenvalue weighted by molar-refractivity contribution is 7.09. The summed E-state index contributed by atoms with van der Waals surface area (Å²) in [6, 6.07) is 4.42. The summed E-state index contributed by atoms with van der Waals surface area (Å²) in [6.45, 7) is 4.49. The number of hydrogen-bond acceptors (Lipinski definition) is 2. The van der Waals surface area contributed by atoms with Crippen LogP contribution in [-0.4, -0.2) is 13.1 Å². The second kappa shape index (κ2) is 3.81. The average molecular weight is 195 g/mol. The van der Waals surface area contributed by atoms with Gasteiger partial charge in [-0.15, -0.1) is 11.3 Å². The molecule has 72 valence electrons. The van der Waals surface area contributed by atoms with Crippen LogP contribution in [0.25, 0.3) is 0 Å². The fourth-order valence-electron chi connectivity index (χ4n) is 1.77.